The number of hydrogen-bond donors (Lipinski definition) is 2. The molecule has 2 N–H and O–H groups in total. The molecule has 0 unspecified atom stereocenters. The van der Waals surface area contributed by atoms with Gasteiger partial charge < -0.3 is 20.3 Å². The smallest absolute Gasteiger partial charge is 0.191 e. The molecule has 2 fully saturated rings. The third-order valence-electron chi connectivity index (χ3n) is 5.85. The van der Waals surface area contributed by atoms with Gasteiger partial charge in [-0.25, -0.2) is 0 Å². The van der Waals surface area contributed by atoms with Gasteiger partial charge in [0.2, 0.25) is 0 Å². The van der Waals surface area contributed by atoms with Crippen molar-refractivity contribution < 1.29 is 4.74 Å². The van der Waals surface area contributed by atoms with Crippen LogP contribution in [-0.2, 0) is 4.74 Å². The third-order valence-corrected chi connectivity index (χ3v) is 5.85. The maximum atomic E-state index is 5.18. The number of hydrogen-bond acceptors (Lipinski definition) is 3. The third kappa shape index (κ3) is 8.74. The fraction of sp³-hybridized carbons (Fsp3) is 0.950. The Morgan fingerprint density at radius 2 is 1.81 bits per heavy atom. The lowest BCUT2D eigenvalue weighted by molar-refractivity contribution is 0.121. The van der Waals surface area contributed by atoms with Crippen molar-refractivity contribution in [3.05, 3.63) is 0 Å². The van der Waals surface area contributed by atoms with E-state index in [0.717, 1.165) is 38.1 Å². The molecule has 1 saturated heterocycles. The van der Waals surface area contributed by atoms with Gasteiger partial charge in [0.15, 0.2) is 5.96 Å². The van der Waals surface area contributed by atoms with Crippen LogP contribution in [0.25, 0.3) is 0 Å². The second-order valence-corrected chi connectivity index (χ2v) is 8.58. The highest BCUT2D eigenvalue weighted by Crippen LogP contribution is 2.34. The lowest BCUT2D eigenvalue weighted by Gasteiger charge is -2.35. The van der Waals surface area contributed by atoms with Crippen molar-refractivity contribution in [1.82, 2.24) is 15.5 Å². The largest absolute Gasteiger partial charge is 0.383 e. The average molecular weight is 480 g/mol. The van der Waals surface area contributed by atoms with E-state index in [-0.39, 0.29) is 24.0 Å². The van der Waals surface area contributed by atoms with Crippen LogP contribution in [-0.4, -0.2) is 63.3 Å². The van der Waals surface area contributed by atoms with Crippen molar-refractivity contribution in [2.24, 2.45) is 16.3 Å². The summed E-state index contributed by atoms with van der Waals surface area (Å²) in [7, 11) is 1.78. The van der Waals surface area contributed by atoms with E-state index in [1.54, 1.807) is 7.11 Å². The van der Waals surface area contributed by atoms with E-state index in [2.05, 4.69) is 36.3 Å². The number of nitrogens with zero attached hydrogens (tertiary/aromatic N) is 2. The Hall–Kier alpha value is -0.0800. The van der Waals surface area contributed by atoms with Crippen molar-refractivity contribution in [3.63, 3.8) is 0 Å². The van der Waals surface area contributed by atoms with Gasteiger partial charge in [-0.1, -0.05) is 13.8 Å². The first-order valence-corrected chi connectivity index (χ1v) is 10.3. The zero-order valence-corrected chi connectivity index (χ0v) is 19.7. The molecule has 2 rings (SSSR count). The minimum atomic E-state index is 0. The van der Waals surface area contributed by atoms with E-state index >= 15 is 0 Å². The van der Waals surface area contributed by atoms with E-state index in [1.807, 2.05) is 0 Å². The van der Waals surface area contributed by atoms with Gasteiger partial charge in [0.25, 0.3) is 0 Å². The van der Waals surface area contributed by atoms with Crippen LogP contribution in [0.5, 0.6) is 0 Å². The molecule has 1 saturated carbocycles. The lowest BCUT2D eigenvalue weighted by atomic mass is 9.75. The highest BCUT2D eigenvalue weighted by Gasteiger charge is 2.27. The quantitative estimate of drug-likeness (QED) is 0.333. The molecule has 0 amide bonds. The Balaban J connectivity index is 0.00000338. The predicted molar refractivity (Wildman–Crippen MR) is 122 cm³/mol. The fourth-order valence-electron chi connectivity index (χ4n) is 3.89. The first-order chi connectivity index (χ1) is 12.0. The molecule has 0 aromatic carbocycles. The summed E-state index contributed by atoms with van der Waals surface area (Å²) in [5.41, 5.74) is 0.518. The van der Waals surface area contributed by atoms with Crippen LogP contribution in [0.4, 0.5) is 0 Å². The number of aliphatic imine (C=N–C) groups is 1. The number of methoxy groups -OCH3 is 1. The van der Waals surface area contributed by atoms with Crippen LogP contribution >= 0.6 is 24.0 Å². The van der Waals surface area contributed by atoms with Gasteiger partial charge in [0.1, 0.15) is 0 Å². The van der Waals surface area contributed by atoms with Crippen LogP contribution in [0.1, 0.15) is 59.3 Å². The van der Waals surface area contributed by atoms with Crippen molar-refractivity contribution in [3.8, 4) is 0 Å². The summed E-state index contributed by atoms with van der Waals surface area (Å²) in [6.07, 6.45) is 7.65. The van der Waals surface area contributed by atoms with Gasteiger partial charge in [-0.15, -0.1) is 24.0 Å². The average Bonchev–Trinajstić information content (AvgIpc) is 2.60. The topological polar surface area (TPSA) is 48.9 Å². The van der Waals surface area contributed by atoms with Gasteiger partial charge in [-0.3, -0.25) is 4.99 Å². The maximum absolute atomic E-state index is 5.18. The molecule has 1 heterocycles. The first-order valence-electron chi connectivity index (χ1n) is 10.3. The summed E-state index contributed by atoms with van der Waals surface area (Å²) in [5, 5.41) is 7.12. The second-order valence-electron chi connectivity index (χ2n) is 8.58. The maximum Gasteiger partial charge on any atom is 0.191 e. The molecule has 5 nitrogen and oxygen atoms in total. The lowest BCUT2D eigenvalue weighted by Crippen LogP contribution is -2.46. The summed E-state index contributed by atoms with van der Waals surface area (Å²) < 4.78 is 5.18. The van der Waals surface area contributed by atoms with E-state index in [1.165, 1.54) is 51.6 Å². The van der Waals surface area contributed by atoms with Crippen LogP contribution in [0.3, 0.4) is 0 Å². The molecule has 1 aliphatic carbocycles. The van der Waals surface area contributed by atoms with Crippen molar-refractivity contribution >= 4 is 29.9 Å². The van der Waals surface area contributed by atoms with E-state index in [4.69, 9.17) is 9.73 Å². The molecular formula is C20H41IN4O. The number of rotatable bonds is 7. The summed E-state index contributed by atoms with van der Waals surface area (Å²) in [6.45, 7) is 13.1. The van der Waals surface area contributed by atoms with Gasteiger partial charge >= 0.3 is 0 Å². The van der Waals surface area contributed by atoms with Gasteiger partial charge in [0, 0.05) is 32.8 Å². The molecule has 0 spiro atoms. The molecule has 0 aromatic heterocycles. The van der Waals surface area contributed by atoms with Crippen LogP contribution in [0.15, 0.2) is 4.99 Å². The summed E-state index contributed by atoms with van der Waals surface area (Å²) >= 11 is 0. The Kier molecular flexibility index (Phi) is 11.4. The molecule has 26 heavy (non-hydrogen) atoms. The van der Waals surface area contributed by atoms with Crippen LogP contribution in [0.2, 0.25) is 0 Å². The number of guanidine groups is 1. The first kappa shape index (κ1) is 24.0. The van der Waals surface area contributed by atoms with Crippen molar-refractivity contribution in [2.45, 2.75) is 65.3 Å². The highest BCUT2D eigenvalue weighted by molar-refractivity contribution is 14.0. The highest BCUT2D eigenvalue weighted by atomic mass is 127. The Bertz CT molecular complexity index is 399. The van der Waals surface area contributed by atoms with Gasteiger partial charge in [0.05, 0.1) is 6.61 Å². The standard InChI is InChI=1S/C20H40N4O.HI/c1-5-21-19(23-18-6-10-20(2,3)11-7-18)22-16-17-8-12-24(13-9-17)14-15-25-4;/h17-18H,5-16H2,1-4H3,(H2,21,22,23);1H. The molecule has 0 atom stereocenters. The van der Waals surface area contributed by atoms with E-state index < -0.39 is 0 Å². The minimum Gasteiger partial charge on any atom is -0.383 e. The predicted octanol–water partition coefficient (Wildman–Crippen LogP) is 3.49. The second kappa shape index (κ2) is 12.4. The summed E-state index contributed by atoms with van der Waals surface area (Å²) in [6, 6.07) is 0.585. The number of ether oxygens (including phenoxy) is 1. The van der Waals surface area contributed by atoms with Gasteiger partial charge in [-0.2, -0.15) is 0 Å². The number of nitrogens with one attached hydrogen (secondary N) is 2. The fourth-order valence-corrected chi connectivity index (χ4v) is 3.89. The number of halogens is 1. The molecule has 0 aromatic rings. The Morgan fingerprint density at radius 1 is 1.15 bits per heavy atom. The SMILES string of the molecule is CCNC(=NCC1CCN(CCOC)CC1)NC1CCC(C)(C)CC1.I. The minimum absolute atomic E-state index is 0. The molecule has 2 aliphatic rings. The number of likely N-dealkylation sites (tertiary alicyclic amines) is 1. The number of piperidine rings is 1. The molecule has 6 heteroatoms. The molecule has 0 radical (unpaired) electrons. The zero-order valence-electron chi connectivity index (χ0n) is 17.4. The Morgan fingerprint density at radius 3 is 2.38 bits per heavy atom. The van der Waals surface area contributed by atoms with Crippen molar-refractivity contribution in [1.29, 1.82) is 0 Å². The van der Waals surface area contributed by atoms with E-state index in [9.17, 15) is 0 Å². The normalized spacial score (nSPS) is 22.7. The molecule has 154 valence electrons. The van der Waals surface area contributed by atoms with Crippen LogP contribution < -0.4 is 10.6 Å². The molecule has 0 bridgehead atoms. The summed E-state index contributed by atoms with van der Waals surface area (Å²) in [5.74, 6) is 1.74. The van der Waals surface area contributed by atoms with Gasteiger partial charge in [-0.05, 0) is 69.9 Å². The molecule has 1 aliphatic heterocycles. The Labute approximate surface area is 178 Å². The summed E-state index contributed by atoms with van der Waals surface area (Å²) in [4.78, 5) is 7.42. The molecular weight excluding hydrogens is 439 g/mol. The van der Waals surface area contributed by atoms with Crippen LogP contribution in [0, 0.1) is 11.3 Å². The van der Waals surface area contributed by atoms with E-state index in [0.29, 0.717) is 11.5 Å². The monoisotopic (exact) mass is 480 g/mol. The zero-order chi connectivity index (χ0) is 18.1. The van der Waals surface area contributed by atoms with Crippen molar-refractivity contribution in [2.75, 3.05) is 46.4 Å².